The lowest BCUT2D eigenvalue weighted by Crippen LogP contribution is -1.96. The van der Waals surface area contributed by atoms with Crippen molar-refractivity contribution >= 4 is 28.4 Å². The third kappa shape index (κ3) is 5.78. The van der Waals surface area contributed by atoms with Crippen LogP contribution in [-0.4, -0.2) is 24.6 Å². The van der Waals surface area contributed by atoms with Crippen molar-refractivity contribution in [1.29, 1.82) is 0 Å². The highest BCUT2D eigenvalue weighted by Gasteiger charge is 2.21. The predicted octanol–water partition coefficient (Wildman–Crippen LogP) is 2.91. The van der Waals surface area contributed by atoms with Crippen molar-refractivity contribution in [2.45, 2.75) is 0 Å². The number of hydrogen-bond acceptors (Lipinski definition) is 10. The molecule has 0 saturated heterocycles. The summed E-state index contributed by atoms with van der Waals surface area (Å²) in [7, 11) is 0. The first-order valence-corrected chi connectivity index (χ1v) is 6.50. The molecule has 0 aliphatic heterocycles. The van der Waals surface area contributed by atoms with Crippen molar-refractivity contribution in [3.8, 4) is 0 Å². The maximum atomic E-state index is 10.3. The number of hydrogen-bond donors (Lipinski definition) is 0. The summed E-state index contributed by atoms with van der Waals surface area (Å²) >= 11 is 0. The van der Waals surface area contributed by atoms with Crippen LogP contribution in [0.25, 0.3) is 0 Å². The van der Waals surface area contributed by atoms with Crippen LogP contribution in [0, 0.1) is 50.6 Å². The number of nitro groups is 5. The Hall–Kier alpha value is -4.56. The van der Waals surface area contributed by atoms with E-state index in [-0.39, 0.29) is 11.4 Å². The van der Waals surface area contributed by atoms with Gasteiger partial charge in [0.15, 0.2) is 0 Å². The van der Waals surface area contributed by atoms with Gasteiger partial charge in [-0.1, -0.05) is 0 Å². The fraction of sp³-hybridized carbons (Fsp3) is 0. The van der Waals surface area contributed by atoms with Gasteiger partial charge in [-0.25, -0.2) is 0 Å². The van der Waals surface area contributed by atoms with E-state index in [0.717, 1.165) is 6.07 Å². The van der Waals surface area contributed by atoms with Crippen LogP contribution < -0.4 is 0 Å². The Kier molecular flexibility index (Phi) is 6.46. The largest absolute Gasteiger partial charge is 0.283 e. The molecular weight excluding hydrogens is 374 g/mol. The highest BCUT2D eigenvalue weighted by atomic mass is 16.6. The summed E-state index contributed by atoms with van der Waals surface area (Å²) in [4.78, 5) is 47.1. The summed E-state index contributed by atoms with van der Waals surface area (Å²) in [6.45, 7) is 0. The molecule has 0 radical (unpaired) electrons. The molecule has 0 saturated carbocycles. The minimum absolute atomic E-state index is 0.274. The molecule has 15 nitrogen and oxygen atoms in total. The van der Waals surface area contributed by atoms with Crippen molar-refractivity contribution in [2.75, 3.05) is 0 Å². The van der Waals surface area contributed by atoms with E-state index in [0.29, 0.717) is 18.2 Å². The lowest BCUT2D eigenvalue weighted by molar-refractivity contribution is -0.403. The Morgan fingerprint density at radius 1 is 0.444 bits per heavy atom. The van der Waals surface area contributed by atoms with Crippen molar-refractivity contribution in [1.82, 2.24) is 0 Å². The molecule has 0 N–H and O–H groups in total. The van der Waals surface area contributed by atoms with E-state index < -0.39 is 41.7 Å². The van der Waals surface area contributed by atoms with Crippen LogP contribution in [0.4, 0.5) is 28.4 Å². The summed E-state index contributed by atoms with van der Waals surface area (Å²) in [6, 6.07) is 6.57. The molecule has 2 rings (SSSR count). The van der Waals surface area contributed by atoms with Gasteiger partial charge in [0.2, 0.25) is 0 Å². The fourth-order valence-corrected chi connectivity index (χ4v) is 1.62. The number of non-ortho nitro benzene ring substituents is 5. The minimum Gasteiger partial charge on any atom is -0.258 e. The van der Waals surface area contributed by atoms with Gasteiger partial charge < -0.3 is 0 Å². The molecular formula is C12H7N5O10. The van der Waals surface area contributed by atoms with E-state index in [1.807, 2.05) is 0 Å². The summed E-state index contributed by atoms with van der Waals surface area (Å²) in [5.74, 6) is 0. The van der Waals surface area contributed by atoms with E-state index in [2.05, 4.69) is 0 Å². The zero-order valence-electron chi connectivity index (χ0n) is 12.9. The number of nitrogens with zero attached hydrogens (tertiary/aromatic N) is 5. The second-order valence-electron chi connectivity index (χ2n) is 4.51. The van der Waals surface area contributed by atoms with Gasteiger partial charge >= 0.3 is 0 Å². The Bertz CT molecular complexity index is 836. The van der Waals surface area contributed by atoms with E-state index in [1.54, 1.807) is 0 Å². The smallest absolute Gasteiger partial charge is 0.258 e. The SMILES string of the molecule is O=[N+]([O-])c1cc([N+](=O)[O-])cc([N+](=O)[O-])c1.O=[N+]([O-])c1cccc([N+](=O)[O-])c1. The zero-order valence-corrected chi connectivity index (χ0v) is 12.9. The van der Waals surface area contributed by atoms with Crippen LogP contribution in [0.15, 0.2) is 42.5 Å². The third-order valence-electron chi connectivity index (χ3n) is 2.77. The second-order valence-corrected chi connectivity index (χ2v) is 4.51. The maximum Gasteiger partial charge on any atom is 0.283 e. The molecule has 0 aliphatic carbocycles. The number of nitro benzene ring substituents is 5. The molecule has 2 aromatic carbocycles. The summed E-state index contributed by atoms with van der Waals surface area (Å²) in [6.07, 6.45) is 0. The lowest BCUT2D eigenvalue weighted by Gasteiger charge is -1.93. The molecule has 0 unspecified atom stereocenters. The van der Waals surface area contributed by atoms with E-state index in [1.165, 1.54) is 18.2 Å². The standard InChI is InChI=1S/C6H3N3O6.C6H4N2O4/c10-7(11)4-1-5(8(12)13)3-6(2-4)9(14)15;9-7(10)5-2-1-3-6(4-5)8(11)12/h1-3H;1-4H. The van der Waals surface area contributed by atoms with Crippen LogP contribution in [0.3, 0.4) is 0 Å². The summed E-state index contributed by atoms with van der Waals surface area (Å²) in [5, 5.41) is 51.3. The first kappa shape index (κ1) is 20.5. The first-order valence-electron chi connectivity index (χ1n) is 6.50. The zero-order chi connectivity index (χ0) is 20.7. The lowest BCUT2D eigenvalue weighted by atomic mass is 10.2. The molecule has 0 fully saturated rings. The third-order valence-corrected chi connectivity index (χ3v) is 2.77. The Morgan fingerprint density at radius 3 is 0.889 bits per heavy atom. The molecule has 15 heteroatoms. The summed E-state index contributed by atoms with van der Waals surface area (Å²) < 4.78 is 0. The molecule has 2 aromatic rings. The van der Waals surface area contributed by atoms with Crippen molar-refractivity contribution in [3.05, 3.63) is 93.0 Å². The fourth-order valence-electron chi connectivity index (χ4n) is 1.62. The highest BCUT2D eigenvalue weighted by Crippen LogP contribution is 2.26. The quantitative estimate of drug-likeness (QED) is 0.544. The number of rotatable bonds is 5. The second kappa shape index (κ2) is 8.51. The van der Waals surface area contributed by atoms with Crippen LogP contribution in [0.2, 0.25) is 0 Å². The van der Waals surface area contributed by atoms with Gasteiger partial charge in [-0.3, -0.25) is 50.6 Å². The average molecular weight is 381 g/mol. The predicted molar refractivity (Wildman–Crippen MR) is 86.2 cm³/mol. The topological polar surface area (TPSA) is 216 Å². The van der Waals surface area contributed by atoms with Gasteiger partial charge in [-0.15, -0.1) is 0 Å². The van der Waals surface area contributed by atoms with E-state index in [9.17, 15) is 50.6 Å². The van der Waals surface area contributed by atoms with Gasteiger partial charge in [-0.05, 0) is 6.07 Å². The van der Waals surface area contributed by atoms with Crippen LogP contribution in [-0.2, 0) is 0 Å². The van der Waals surface area contributed by atoms with Crippen LogP contribution >= 0.6 is 0 Å². The van der Waals surface area contributed by atoms with Gasteiger partial charge in [0.25, 0.3) is 28.4 Å². The van der Waals surface area contributed by atoms with Crippen molar-refractivity contribution in [3.63, 3.8) is 0 Å². The monoisotopic (exact) mass is 381 g/mol. The van der Waals surface area contributed by atoms with Gasteiger partial charge in [-0.2, -0.15) is 0 Å². The molecule has 0 spiro atoms. The molecule has 27 heavy (non-hydrogen) atoms. The normalized spacial score (nSPS) is 9.48. The van der Waals surface area contributed by atoms with E-state index in [4.69, 9.17) is 0 Å². The highest BCUT2D eigenvalue weighted by molar-refractivity contribution is 5.52. The Balaban J connectivity index is 0.000000277. The summed E-state index contributed by atoms with van der Waals surface area (Å²) in [5.41, 5.74) is -2.60. The average Bonchev–Trinajstić information content (AvgIpc) is 2.61. The van der Waals surface area contributed by atoms with Crippen molar-refractivity contribution < 1.29 is 24.6 Å². The molecule has 140 valence electrons. The first-order chi connectivity index (χ1) is 12.5. The van der Waals surface area contributed by atoms with Gasteiger partial charge in [0, 0.05) is 12.1 Å². The van der Waals surface area contributed by atoms with Crippen LogP contribution in [0.5, 0.6) is 0 Å². The molecule has 0 aliphatic rings. The van der Waals surface area contributed by atoms with Crippen LogP contribution in [0.1, 0.15) is 0 Å². The molecule has 0 amide bonds. The Morgan fingerprint density at radius 2 is 0.667 bits per heavy atom. The van der Waals surface area contributed by atoms with Crippen molar-refractivity contribution in [2.24, 2.45) is 0 Å². The van der Waals surface area contributed by atoms with E-state index >= 15 is 0 Å². The molecule has 0 bridgehead atoms. The van der Waals surface area contributed by atoms with Gasteiger partial charge in [0.05, 0.1) is 48.9 Å². The molecule has 0 aromatic heterocycles. The van der Waals surface area contributed by atoms with Gasteiger partial charge in [0.1, 0.15) is 0 Å². The Labute approximate surface area is 147 Å². The molecule has 0 atom stereocenters. The maximum absolute atomic E-state index is 10.3. The number of benzene rings is 2. The molecule has 0 heterocycles. The minimum atomic E-state index is -0.931.